The highest BCUT2D eigenvalue weighted by atomic mass is 16.6. The van der Waals surface area contributed by atoms with E-state index in [1.54, 1.807) is 41.3 Å². The van der Waals surface area contributed by atoms with E-state index >= 15 is 0 Å². The summed E-state index contributed by atoms with van der Waals surface area (Å²) in [7, 11) is 0. The SMILES string of the molecule is CCN(Cc1ccc2c(c1)OCCO2)C(=O)c1ccc(NC(=O)c2ccco2)cc1. The van der Waals surface area contributed by atoms with E-state index in [-0.39, 0.29) is 17.6 Å². The zero-order valence-corrected chi connectivity index (χ0v) is 16.6. The Morgan fingerprint density at radius 3 is 2.47 bits per heavy atom. The predicted octanol–water partition coefficient (Wildman–Crippen LogP) is 3.97. The molecule has 0 saturated carbocycles. The number of fused-ring (bicyclic) bond motifs is 1. The Bertz CT molecular complexity index is 1030. The monoisotopic (exact) mass is 406 g/mol. The maximum Gasteiger partial charge on any atom is 0.291 e. The molecular formula is C23H22N2O5. The number of carbonyl (C=O) groups is 2. The Hall–Kier alpha value is -3.74. The van der Waals surface area contributed by atoms with Crippen molar-refractivity contribution in [2.75, 3.05) is 25.1 Å². The van der Waals surface area contributed by atoms with Crippen LogP contribution in [0.25, 0.3) is 0 Å². The summed E-state index contributed by atoms with van der Waals surface area (Å²) >= 11 is 0. The van der Waals surface area contributed by atoms with Crippen LogP contribution in [0.3, 0.4) is 0 Å². The van der Waals surface area contributed by atoms with Gasteiger partial charge in [0.25, 0.3) is 11.8 Å². The smallest absolute Gasteiger partial charge is 0.291 e. The molecule has 3 aromatic rings. The van der Waals surface area contributed by atoms with Crippen molar-refractivity contribution >= 4 is 17.5 Å². The second-order valence-electron chi connectivity index (χ2n) is 6.81. The van der Waals surface area contributed by atoms with E-state index in [4.69, 9.17) is 13.9 Å². The molecule has 2 aromatic carbocycles. The first-order valence-corrected chi connectivity index (χ1v) is 9.77. The zero-order chi connectivity index (χ0) is 20.9. The summed E-state index contributed by atoms with van der Waals surface area (Å²) in [5.74, 6) is 1.24. The molecule has 0 unspecified atom stereocenters. The normalized spacial score (nSPS) is 12.3. The number of benzene rings is 2. The molecule has 1 N–H and O–H groups in total. The largest absolute Gasteiger partial charge is 0.486 e. The van der Waals surface area contributed by atoms with Crippen molar-refractivity contribution in [3.63, 3.8) is 0 Å². The molecule has 2 heterocycles. The van der Waals surface area contributed by atoms with Crippen molar-refractivity contribution in [1.82, 2.24) is 4.90 Å². The van der Waals surface area contributed by atoms with Gasteiger partial charge in [-0.25, -0.2) is 0 Å². The molecule has 0 saturated heterocycles. The van der Waals surface area contributed by atoms with Crippen LogP contribution in [0.2, 0.25) is 0 Å². The number of amides is 2. The van der Waals surface area contributed by atoms with E-state index < -0.39 is 0 Å². The minimum absolute atomic E-state index is 0.0868. The lowest BCUT2D eigenvalue weighted by Gasteiger charge is -2.23. The average Bonchev–Trinajstić information content (AvgIpc) is 3.33. The van der Waals surface area contributed by atoms with Gasteiger partial charge < -0.3 is 24.1 Å². The average molecular weight is 406 g/mol. The first-order chi connectivity index (χ1) is 14.6. The van der Waals surface area contributed by atoms with Crippen molar-refractivity contribution in [3.8, 4) is 11.5 Å². The summed E-state index contributed by atoms with van der Waals surface area (Å²) in [6, 6.07) is 15.8. The second kappa shape index (κ2) is 8.73. The van der Waals surface area contributed by atoms with Crippen LogP contribution in [-0.4, -0.2) is 36.5 Å². The number of nitrogens with zero attached hydrogens (tertiary/aromatic N) is 1. The van der Waals surface area contributed by atoms with Gasteiger partial charge >= 0.3 is 0 Å². The van der Waals surface area contributed by atoms with Crippen molar-refractivity contribution in [2.24, 2.45) is 0 Å². The molecule has 7 heteroatoms. The lowest BCUT2D eigenvalue weighted by molar-refractivity contribution is 0.0752. The molecule has 0 aliphatic carbocycles. The highest BCUT2D eigenvalue weighted by Crippen LogP contribution is 2.31. The highest BCUT2D eigenvalue weighted by Gasteiger charge is 2.17. The lowest BCUT2D eigenvalue weighted by Crippen LogP contribution is -2.30. The minimum atomic E-state index is -0.340. The first-order valence-electron chi connectivity index (χ1n) is 9.77. The predicted molar refractivity (Wildman–Crippen MR) is 111 cm³/mol. The number of furan rings is 1. The van der Waals surface area contributed by atoms with Gasteiger partial charge in [0.1, 0.15) is 13.2 Å². The quantitative estimate of drug-likeness (QED) is 0.670. The topological polar surface area (TPSA) is 81.0 Å². The fourth-order valence-corrected chi connectivity index (χ4v) is 3.21. The molecule has 0 bridgehead atoms. The van der Waals surface area contributed by atoms with Crippen molar-refractivity contribution in [2.45, 2.75) is 13.5 Å². The van der Waals surface area contributed by atoms with E-state index in [2.05, 4.69) is 5.32 Å². The van der Waals surface area contributed by atoms with Crippen LogP contribution in [0.5, 0.6) is 11.5 Å². The Balaban J connectivity index is 1.42. The van der Waals surface area contributed by atoms with Crippen LogP contribution in [-0.2, 0) is 6.54 Å². The van der Waals surface area contributed by atoms with E-state index in [1.165, 1.54) is 6.26 Å². The summed E-state index contributed by atoms with van der Waals surface area (Å²) in [5.41, 5.74) is 2.10. The summed E-state index contributed by atoms with van der Waals surface area (Å²) in [6.07, 6.45) is 1.44. The van der Waals surface area contributed by atoms with E-state index in [0.717, 1.165) is 11.3 Å². The van der Waals surface area contributed by atoms with Gasteiger partial charge in [0.05, 0.1) is 6.26 Å². The molecule has 0 radical (unpaired) electrons. The summed E-state index contributed by atoms with van der Waals surface area (Å²) in [6.45, 7) is 4.03. The van der Waals surface area contributed by atoms with Gasteiger partial charge in [-0.2, -0.15) is 0 Å². The molecule has 154 valence electrons. The van der Waals surface area contributed by atoms with Crippen LogP contribution < -0.4 is 14.8 Å². The van der Waals surface area contributed by atoms with E-state index in [1.807, 2.05) is 25.1 Å². The lowest BCUT2D eigenvalue weighted by atomic mass is 10.1. The Kier molecular flexibility index (Phi) is 5.70. The molecule has 2 amide bonds. The fraction of sp³-hybridized carbons (Fsp3) is 0.217. The standard InChI is InChI=1S/C23H22N2O5/c1-2-25(15-16-5-10-19-21(14-16)30-13-12-29-19)23(27)17-6-8-18(9-7-17)24-22(26)20-4-3-11-28-20/h3-11,14H,2,12-13,15H2,1H3,(H,24,26). The Labute approximate surface area is 174 Å². The second-order valence-corrected chi connectivity index (χ2v) is 6.81. The van der Waals surface area contributed by atoms with Crippen LogP contribution in [0.4, 0.5) is 5.69 Å². The van der Waals surface area contributed by atoms with Gasteiger partial charge in [-0.3, -0.25) is 9.59 Å². The molecule has 1 aliphatic heterocycles. The molecule has 30 heavy (non-hydrogen) atoms. The van der Waals surface area contributed by atoms with Gasteiger partial charge in [0.15, 0.2) is 17.3 Å². The van der Waals surface area contributed by atoms with Crippen molar-refractivity contribution in [1.29, 1.82) is 0 Å². The third-order valence-corrected chi connectivity index (χ3v) is 4.78. The third kappa shape index (κ3) is 4.30. The van der Waals surface area contributed by atoms with Crippen molar-refractivity contribution < 1.29 is 23.5 Å². The first kappa shape index (κ1) is 19.6. The summed E-state index contributed by atoms with van der Waals surface area (Å²) in [4.78, 5) is 26.8. The fourth-order valence-electron chi connectivity index (χ4n) is 3.21. The Morgan fingerprint density at radius 2 is 1.77 bits per heavy atom. The number of carbonyl (C=O) groups excluding carboxylic acids is 2. The van der Waals surface area contributed by atoms with Crippen LogP contribution >= 0.6 is 0 Å². The molecule has 1 aromatic heterocycles. The zero-order valence-electron chi connectivity index (χ0n) is 16.6. The van der Waals surface area contributed by atoms with Gasteiger partial charge in [-0.05, 0) is 61.0 Å². The minimum Gasteiger partial charge on any atom is -0.486 e. The van der Waals surface area contributed by atoms with E-state index in [0.29, 0.717) is 43.3 Å². The number of anilines is 1. The van der Waals surface area contributed by atoms with Gasteiger partial charge in [0.2, 0.25) is 0 Å². The molecule has 0 atom stereocenters. The molecule has 0 fully saturated rings. The van der Waals surface area contributed by atoms with Crippen LogP contribution in [0.1, 0.15) is 33.4 Å². The maximum atomic E-state index is 13.0. The van der Waals surface area contributed by atoms with Crippen molar-refractivity contribution in [3.05, 3.63) is 77.7 Å². The number of rotatable bonds is 6. The van der Waals surface area contributed by atoms with Gasteiger partial charge in [-0.1, -0.05) is 6.07 Å². The summed E-state index contributed by atoms with van der Waals surface area (Å²) in [5, 5.41) is 2.74. The number of nitrogens with one attached hydrogen (secondary N) is 1. The van der Waals surface area contributed by atoms with Gasteiger partial charge in [-0.15, -0.1) is 0 Å². The summed E-state index contributed by atoms with van der Waals surface area (Å²) < 4.78 is 16.3. The molecule has 7 nitrogen and oxygen atoms in total. The van der Waals surface area contributed by atoms with Crippen LogP contribution in [0.15, 0.2) is 65.3 Å². The highest BCUT2D eigenvalue weighted by molar-refractivity contribution is 6.02. The number of ether oxygens (including phenoxy) is 2. The van der Waals surface area contributed by atoms with E-state index in [9.17, 15) is 9.59 Å². The van der Waals surface area contributed by atoms with Crippen LogP contribution in [0, 0.1) is 0 Å². The Morgan fingerprint density at radius 1 is 1.00 bits per heavy atom. The maximum absolute atomic E-state index is 13.0. The molecule has 0 spiro atoms. The molecule has 1 aliphatic rings. The van der Waals surface area contributed by atoms with Gasteiger partial charge in [0, 0.05) is 24.3 Å². The molecular weight excluding hydrogens is 384 g/mol. The number of hydrogen-bond acceptors (Lipinski definition) is 5. The molecule has 4 rings (SSSR count). The third-order valence-electron chi connectivity index (χ3n) is 4.78. The number of hydrogen-bond donors (Lipinski definition) is 1.